The van der Waals surface area contributed by atoms with Gasteiger partial charge < -0.3 is 10.2 Å². The molecule has 0 radical (unpaired) electrons. The molecule has 102 valence electrons. The summed E-state index contributed by atoms with van der Waals surface area (Å²) in [6.07, 6.45) is 1.92. The number of likely N-dealkylation sites (N-methyl/N-ethyl adjacent to an activating group) is 1. The molecule has 2 amide bonds. The molecule has 1 N–H and O–H groups in total. The Balaban J connectivity index is 1.93. The molecule has 1 fully saturated rings. The highest BCUT2D eigenvalue weighted by Gasteiger charge is 2.32. The van der Waals surface area contributed by atoms with Crippen LogP contribution in [0, 0.1) is 19.8 Å². The van der Waals surface area contributed by atoms with Crippen molar-refractivity contribution < 1.29 is 9.59 Å². The van der Waals surface area contributed by atoms with E-state index >= 15 is 0 Å². The molecule has 0 aromatic heterocycles. The van der Waals surface area contributed by atoms with Gasteiger partial charge in [-0.25, -0.2) is 0 Å². The quantitative estimate of drug-likeness (QED) is 0.901. The maximum absolute atomic E-state index is 11.9. The molecular weight excluding hydrogens is 240 g/mol. The zero-order valence-electron chi connectivity index (χ0n) is 11.7. The molecule has 0 heterocycles. The summed E-state index contributed by atoms with van der Waals surface area (Å²) in [6, 6.07) is 5.92. The van der Waals surface area contributed by atoms with Crippen molar-refractivity contribution in [3.8, 4) is 0 Å². The summed E-state index contributed by atoms with van der Waals surface area (Å²) in [5, 5.41) is 2.86. The van der Waals surface area contributed by atoms with Gasteiger partial charge in [0.05, 0.1) is 6.54 Å². The fourth-order valence-corrected chi connectivity index (χ4v) is 2.00. The SMILES string of the molecule is Cc1ccc(C)c(NC(=O)CN(C)C(=O)C2CC2)c1. The lowest BCUT2D eigenvalue weighted by molar-refractivity contribution is -0.134. The summed E-state index contributed by atoms with van der Waals surface area (Å²) >= 11 is 0. The van der Waals surface area contributed by atoms with Gasteiger partial charge in [-0.15, -0.1) is 0 Å². The highest BCUT2D eigenvalue weighted by atomic mass is 16.2. The Morgan fingerprint density at radius 3 is 2.63 bits per heavy atom. The van der Waals surface area contributed by atoms with Gasteiger partial charge in [0, 0.05) is 18.7 Å². The molecule has 19 heavy (non-hydrogen) atoms. The van der Waals surface area contributed by atoms with Crippen molar-refractivity contribution in [3.63, 3.8) is 0 Å². The summed E-state index contributed by atoms with van der Waals surface area (Å²) < 4.78 is 0. The van der Waals surface area contributed by atoms with Gasteiger partial charge in [0.1, 0.15) is 0 Å². The number of hydrogen-bond acceptors (Lipinski definition) is 2. The van der Waals surface area contributed by atoms with Gasteiger partial charge in [0.15, 0.2) is 0 Å². The smallest absolute Gasteiger partial charge is 0.243 e. The number of aryl methyl sites for hydroxylation is 2. The van der Waals surface area contributed by atoms with Gasteiger partial charge in [0.25, 0.3) is 0 Å². The van der Waals surface area contributed by atoms with Crippen molar-refractivity contribution in [2.45, 2.75) is 26.7 Å². The second-order valence-electron chi connectivity index (χ2n) is 5.34. The number of rotatable bonds is 4. The standard InChI is InChI=1S/C15H20N2O2/c1-10-4-5-11(2)13(8-10)16-14(18)9-17(3)15(19)12-6-7-12/h4-5,8,12H,6-7,9H2,1-3H3,(H,16,18). The Morgan fingerprint density at radius 1 is 1.32 bits per heavy atom. The average Bonchev–Trinajstić information content (AvgIpc) is 3.16. The monoisotopic (exact) mass is 260 g/mol. The van der Waals surface area contributed by atoms with Crippen molar-refractivity contribution in [3.05, 3.63) is 29.3 Å². The topological polar surface area (TPSA) is 49.4 Å². The fraction of sp³-hybridized carbons (Fsp3) is 0.467. The lowest BCUT2D eigenvalue weighted by Gasteiger charge is -2.17. The van der Waals surface area contributed by atoms with Crippen LogP contribution in [-0.4, -0.2) is 30.3 Å². The van der Waals surface area contributed by atoms with Crippen LogP contribution in [0.3, 0.4) is 0 Å². The van der Waals surface area contributed by atoms with Gasteiger partial charge in [-0.1, -0.05) is 12.1 Å². The molecule has 1 aromatic carbocycles. The van der Waals surface area contributed by atoms with Crippen molar-refractivity contribution in [1.82, 2.24) is 4.90 Å². The number of amides is 2. The number of anilines is 1. The summed E-state index contributed by atoms with van der Waals surface area (Å²) in [5.74, 6) is 0.0832. The van der Waals surface area contributed by atoms with Gasteiger partial charge >= 0.3 is 0 Å². The van der Waals surface area contributed by atoms with E-state index in [0.29, 0.717) is 0 Å². The summed E-state index contributed by atoms with van der Waals surface area (Å²) in [7, 11) is 1.68. The van der Waals surface area contributed by atoms with E-state index in [4.69, 9.17) is 0 Å². The molecule has 1 aliphatic rings. The number of hydrogen-bond donors (Lipinski definition) is 1. The minimum Gasteiger partial charge on any atom is -0.336 e. The first kappa shape index (κ1) is 13.6. The molecule has 2 rings (SSSR count). The van der Waals surface area contributed by atoms with Crippen LogP contribution in [-0.2, 0) is 9.59 Å². The predicted molar refractivity (Wildman–Crippen MR) is 74.9 cm³/mol. The molecule has 0 spiro atoms. The minimum absolute atomic E-state index is 0.0797. The molecule has 1 saturated carbocycles. The number of benzene rings is 1. The lowest BCUT2D eigenvalue weighted by atomic mass is 10.1. The van der Waals surface area contributed by atoms with Crippen molar-refractivity contribution in [2.75, 3.05) is 18.9 Å². The minimum atomic E-state index is -0.148. The Kier molecular flexibility index (Phi) is 3.88. The zero-order valence-corrected chi connectivity index (χ0v) is 11.7. The largest absolute Gasteiger partial charge is 0.336 e. The van der Waals surface area contributed by atoms with E-state index in [9.17, 15) is 9.59 Å². The first-order valence-electron chi connectivity index (χ1n) is 6.59. The van der Waals surface area contributed by atoms with Crippen LogP contribution in [0.1, 0.15) is 24.0 Å². The normalized spacial score (nSPS) is 14.1. The van der Waals surface area contributed by atoms with Crippen molar-refractivity contribution in [2.24, 2.45) is 5.92 Å². The molecule has 0 unspecified atom stereocenters. The first-order valence-corrected chi connectivity index (χ1v) is 6.59. The van der Waals surface area contributed by atoms with E-state index in [1.807, 2.05) is 32.0 Å². The van der Waals surface area contributed by atoms with E-state index < -0.39 is 0 Å². The van der Waals surface area contributed by atoms with E-state index in [0.717, 1.165) is 29.7 Å². The van der Waals surface area contributed by atoms with Crippen LogP contribution >= 0.6 is 0 Å². The van der Waals surface area contributed by atoms with Gasteiger partial charge in [-0.2, -0.15) is 0 Å². The molecule has 0 aliphatic heterocycles. The number of nitrogens with zero attached hydrogens (tertiary/aromatic N) is 1. The molecule has 4 heteroatoms. The lowest BCUT2D eigenvalue weighted by Crippen LogP contribution is -2.35. The van der Waals surface area contributed by atoms with Crippen molar-refractivity contribution >= 4 is 17.5 Å². The molecule has 4 nitrogen and oxygen atoms in total. The number of nitrogens with one attached hydrogen (secondary N) is 1. The highest BCUT2D eigenvalue weighted by Crippen LogP contribution is 2.30. The number of carbonyl (C=O) groups excluding carboxylic acids is 2. The highest BCUT2D eigenvalue weighted by molar-refractivity contribution is 5.95. The van der Waals surface area contributed by atoms with Crippen LogP contribution in [0.25, 0.3) is 0 Å². The fourth-order valence-electron chi connectivity index (χ4n) is 2.00. The van der Waals surface area contributed by atoms with Gasteiger partial charge in [0.2, 0.25) is 11.8 Å². The second-order valence-corrected chi connectivity index (χ2v) is 5.34. The van der Waals surface area contributed by atoms with E-state index in [-0.39, 0.29) is 24.3 Å². The summed E-state index contributed by atoms with van der Waals surface area (Å²) in [5.41, 5.74) is 2.94. The third kappa shape index (κ3) is 3.56. The van der Waals surface area contributed by atoms with E-state index in [1.54, 1.807) is 7.05 Å². The van der Waals surface area contributed by atoms with Crippen LogP contribution in [0.4, 0.5) is 5.69 Å². The van der Waals surface area contributed by atoms with Crippen LogP contribution in [0.2, 0.25) is 0 Å². The molecule has 0 bridgehead atoms. The number of carbonyl (C=O) groups is 2. The Morgan fingerprint density at radius 2 is 2.00 bits per heavy atom. The zero-order chi connectivity index (χ0) is 14.0. The third-order valence-corrected chi connectivity index (χ3v) is 3.35. The van der Waals surface area contributed by atoms with Gasteiger partial charge in [-0.3, -0.25) is 9.59 Å². The summed E-state index contributed by atoms with van der Waals surface area (Å²) in [6.45, 7) is 4.05. The molecule has 0 atom stereocenters. The second kappa shape index (κ2) is 5.43. The van der Waals surface area contributed by atoms with Crippen molar-refractivity contribution in [1.29, 1.82) is 0 Å². The Labute approximate surface area is 113 Å². The van der Waals surface area contributed by atoms with Crippen LogP contribution in [0.5, 0.6) is 0 Å². The predicted octanol–water partition coefficient (Wildman–Crippen LogP) is 2.11. The maximum atomic E-state index is 11.9. The molecule has 0 saturated heterocycles. The molecule has 1 aromatic rings. The first-order chi connectivity index (χ1) is 8.97. The van der Waals surface area contributed by atoms with E-state index in [1.165, 1.54) is 4.90 Å². The maximum Gasteiger partial charge on any atom is 0.243 e. The third-order valence-electron chi connectivity index (χ3n) is 3.35. The van der Waals surface area contributed by atoms with Crippen LogP contribution in [0.15, 0.2) is 18.2 Å². The van der Waals surface area contributed by atoms with Crippen LogP contribution < -0.4 is 5.32 Å². The Hall–Kier alpha value is -1.84. The molecule has 1 aliphatic carbocycles. The molecular formula is C15H20N2O2. The summed E-state index contributed by atoms with van der Waals surface area (Å²) in [4.78, 5) is 25.2. The Bertz CT molecular complexity index is 507. The average molecular weight is 260 g/mol. The van der Waals surface area contributed by atoms with Gasteiger partial charge in [-0.05, 0) is 43.9 Å². The van der Waals surface area contributed by atoms with E-state index in [2.05, 4.69) is 5.32 Å².